The first-order chi connectivity index (χ1) is 12.8. The second-order valence-corrected chi connectivity index (χ2v) is 7.86. The molecule has 134 valence electrons. The Hall–Kier alpha value is -2.37. The Kier molecular flexibility index (Phi) is 5.18. The highest BCUT2D eigenvalue weighted by atomic mass is 32.1. The summed E-state index contributed by atoms with van der Waals surface area (Å²) in [6, 6.07) is 14.3. The Morgan fingerprint density at radius 2 is 2.04 bits per heavy atom. The lowest BCUT2D eigenvalue weighted by Gasteiger charge is -2.17. The smallest absolute Gasteiger partial charge is 0.279 e. The van der Waals surface area contributed by atoms with E-state index in [0.29, 0.717) is 13.1 Å². The Labute approximate surface area is 157 Å². The molecule has 1 aliphatic rings. The van der Waals surface area contributed by atoms with E-state index in [2.05, 4.69) is 35.0 Å². The average molecular weight is 367 g/mol. The van der Waals surface area contributed by atoms with Crippen LogP contribution in [0.2, 0.25) is 0 Å². The number of furan rings is 1. The van der Waals surface area contributed by atoms with Gasteiger partial charge in [0.2, 0.25) is 0 Å². The summed E-state index contributed by atoms with van der Waals surface area (Å²) in [6.07, 6.45) is 5.18. The number of nitrogens with one attached hydrogen (secondary N) is 2. The lowest BCUT2D eigenvalue weighted by atomic mass is 10.1. The van der Waals surface area contributed by atoms with E-state index >= 15 is 0 Å². The molecule has 4 nitrogen and oxygen atoms in total. The van der Waals surface area contributed by atoms with Crippen molar-refractivity contribution in [3.05, 3.63) is 75.9 Å². The van der Waals surface area contributed by atoms with Crippen molar-refractivity contribution in [3.63, 3.8) is 0 Å². The van der Waals surface area contributed by atoms with Crippen LogP contribution in [0.1, 0.15) is 28.2 Å². The van der Waals surface area contributed by atoms with Crippen LogP contribution in [0.3, 0.4) is 0 Å². The van der Waals surface area contributed by atoms with Gasteiger partial charge in [-0.05, 0) is 66.1 Å². The van der Waals surface area contributed by atoms with Crippen LogP contribution in [0.15, 0.2) is 58.5 Å². The molecule has 2 N–H and O–H groups in total. The number of amides is 1. The van der Waals surface area contributed by atoms with E-state index < -0.39 is 0 Å². The normalized spacial score (nSPS) is 14.2. The molecule has 0 bridgehead atoms. The number of hydrogen-bond donors (Lipinski definition) is 2. The number of benzene rings is 1. The van der Waals surface area contributed by atoms with Crippen LogP contribution >= 0.6 is 11.3 Å². The van der Waals surface area contributed by atoms with Crippen molar-refractivity contribution < 1.29 is 14.1 Å². The largest absolute Gasteiger partial charge is 0.463 e. The van der Waals surface area contributed by atoms with Gasteiger partial charge in [0, 0.05) is 5.69 Å². The highest BCUT2D eigenvalue weighted by molar-refractivity contribution is 7.09. The van der Waals surface area contributed by atoms with Gasteiger partial charge < -0.3 is 14.6 Å². The summed E-state index contributed by atoms with van der Waals surface area (Å²) in [5.74, 6) is 0.947. The number of quaternary nitrogens is 1. The first-order valence-corrected chi connectivity index (χ1v) is 9.94. The van der Waals surface area contributed by atoms with Crippen molar-refractivity contribution in [1.29, 1.82) is 0 Å². The third kappa shape index (κ3) is 4.23. The molecule has 1 aromatic carbocycles. The van der Waals surface area contributed by atoms with Crippen molar-refractivity contribution in [2.45, 2.75) is 32.4 Å². The lowest BCUT2D eigenvalue weighted by molar-refractivity contribution is -0.920. The van der Waals surface area contributed by atoms with Gasteiger partial charge in [0.05, 0.1) is 11.1 Å². The predicted octanol–water partition coefficient (Wildman–Crippen LogP) is 3.05. The molecule has 1 aliphatic carbocycles. The molecular formula is C21H23N2O2S+. The fourth-order valence-electron chi connectivity index (χ4n) is 3.59. The summed E-state index contributed by atoms with van der Waals surface area (Å²) in [5, 5.41) is 5.15. The average Bonchev–Trinajstić information content (AvgIpc) is 3.36. The molecule has 5 heteroatoms. The zero-order valence-electron chi connectivity index (χ0n) is 14.7. The van der Waals surface area contributed by atoms with Crippen LogP contribution in [-0.4, -0.2) is 12.5 Å². The van der Waals surface area contributed by atoms with Gasteiger partial charge in [-0.2, -0.15) is 0 Å². The molecule has 1 unspecified atom stereocenters. The van der Waals surface area contributed by atoms with Gasteiger partial charge in [-0.3, -0.25) is 4.79 Å². The summed E-state index contributed by atoms with van der Waals surface area (Å²) in [5.41, 5.74) is 3.70. The lowest BCUT2D eigenvalue weighted by Crippen LogP contribution is -3.10. The van der Waals surface area contributed by atoms with Gasteiger partial charge in [-0.25, -0.2) is 0 Å². The fraction of sp³-hybridized carbons (Fsp3) is 0.286. The molecule has 0 fully saturated rings. The number of aryl methyl sites for hydroxylation is 2. The third-order valence-corrected chi connectivity index (χ3v) is 5.68. The second-order valence-electron chi connectivity index (χ2n) is 6.82. The Morgan fingerprint density at radius 3 is 2.85 bits per heavy atom. The summed E-state index contributed by atoms with van der Waals surface area (Å²) >= 11 is 1.73. The summed E-state index contributed by atoms with van der Waals surface area (Å²) in [6.45, 7) is 1.92. The number of anilines is 1. The zero-order chi connectivity index (χ0) is 17.8. The van der Waals surface area contributed by atoms with Crippen molar-refractivity contribution in [1.82, 2.24) is 0 Å². The number of carbonyl (C=O) groups is 1. The van der Waals surface area contributed by atoms with Gasteiger partial charge in [0.1, 0.15) is 13.1 Å². The minimum atomic E-state index is 0.0426. The molecule has 1 atom stereocenters. The van der Waals surface area contributed by atoms with E-state index in [4.69, 9.17) is 4.42 Å². The van der Waals surface area contributed by atoms with Crippen molar-refractivity contribution in [2.24, 2.45) is 0 Å². The van der Waals surface area contributed by atoms with Crippen molar-refractivity contribution in [2.75, 3.05) is 11.9 Å². The molecule has 0 radical (unpaired) electrons. The van der Waals surface area contributed by atoms with E-state index in [1.165, 1.54) is 27.3 Å². The molecule has 3 aromatic rings. The van der Waals surface area contributed by atoms with Crippen LogP contribution in [-0.2, 0) is 30.7 Å². The maximum atomic E-state index is 12.6. The van der Waals surface area contributed by atoms with Gasteiger partial charge >= 0.3 is 0 Å². The fourth-order valence-corrected chi connectivity index (χ4v) is 4.36. The molecule has 0 saturated carbocycles. The van der Waals surface area contributed by atoms with Gasteiger partial charge in [-0.1, -0.05) is 12.1 Å². The van der Waals surface area contributed by atoms with E-state index in [1.54, 1.807) is 17.6 Å². The predicted molar refractivity (Wildman–Crippen MR) is 103 cm³/mol. The molecule has 4 rings (SSSR count). The number of hydrogen-bond acceptors (Lipinski definition) is 3. The Bertz CT molecular complexity index is 820. The molecule has 26 heavy (non-hydrogen) atoms. The standard InChI is InChI=1S/C21H22N2O2S/c24-21(22-18-9-8-16-4-1-5-17(16)12-18)15-23(13-19-6-2-10-25-19)14-20-7-3-11-26-20/h2-3,6-12H,1,4-5,13-15H2,(H,22,24)/p+1. The highest BCUT2D eigenvalue weighted by Gasteiger charge is 2.18. The third-order valence-electron chi connectivity index (χ3n) is 4.80. The van der Waals surface area contributed by atoms with Crippen LogP contribution in [0.4, 0.5) is 5.69 Å². The first kappa shape index (κ1) is 17.1. The minimum Gasteiger partial charge on any atom is -0.463 e. The topological polar surface area (TPSA) is 46.7 Å². The van der Waals surface area contributed by atoms with Crippen LogP contribution in [0.5, 0.6) is 0 Å². The van der Waals surface area contributed by atoms with Gasteiger partial charge in [0.25, 0.3) is 5.91 Å². The van der Waals surface area contributed by atoms with E-state index in [0.717, 1.165) is 30.8 Å². The molecular weight excluding hydrogens is 344 g/mol. The van der Waals surface area contributed by atoms with E-state index in [9.17, 15) is 4.79 Å². The quantitative estimate of drug-likeness (QED) is 0.674. The molecule has 2 aromatic heterocycles. The summed E-state index contributed by atoms with van der Waals surface area (Å²) in [4.78, 5) is 15.1. The molecule has 0 saturated heterocycles. The van der Waals surface area contributed by atoms with E-state index in [-0.39, 0.29) is 5.91 Å². The van der Waals surface area contributed by atoms with Crippen LogP contribution < -0.4 is 10.2 Å². The highest BCUT2D eigenvalue weighted by Crippen LogP contribution is 2.24. The van der Waals surface area contributed by atoms with Crippen molar-refractivity contribution >= 4 is 22.9 Å². The number of fused-ring (bicyclic) bond motifs is 1. The van der Waals surface area contributed by atoms with Crippen LogP contribution in [0, 0.1) is 0 Å². The second kappa shape index (κ2) is 7.89. The maximum Gasteiger partial charge on any atom is 0.279 e. The summed E-state index contributed by atoms with van der Waals surface area (Å²) < 4.78 is 5.48. The maximum absolute atomic E-state index is 12.6. The molecule has 0 aliphatic heterocycles. The number of thiophene rings is 1. The van der Waals surface area contributed by atoms with Crippen LogP contribution in [0.25, 0.3) is 0 Å². The molecule has 1 amide bonds. The first-order valence-electron chi connectivity index (χ1n) is 9.06. The molecule has 2 heterocycles. The number of rotatable bonds is 7. The van der Waals surface area contributed by atoms with E-state index in [1.807, 2.05) is 18.2 Å². The van der Waals surface area contributed by atoms with Gasteiger partial charge in [-0.15, -0.1) is 11.3 Å². The SMILES string of the molecule is O=C(C[NH+](Cc1ccco1)Cc1cccs1)Nc1ccc2c(c1)CCC2. The number of carbonyl (C=O) groups excluding carboxylic acids is 1. The molecule has 0 spiro atoms. The Balaban J connectivity index is 1.41. The summed E-state index contributed by atoms with van der Waals surface area (Å²) in [7, 11) is 0. The van der Waals surface area contributed by atoms with Crippen molar-refractivity contribution in [3.8, 4) is 0 Å². The monoisotopic (exact) mass is 367 g/mol. The minimum absolute atomic E-state index is 0.0426. The van der Waals surface area contributed by atoms with Gasteiger partial charge in [0.15, 0.2) is 12.3 Å². The Morgan fingerprint density at radius 1 is 1.12 bits per heavy atom. The zero-order valence-corrected chi connectivity index (χ0v) is 15.5.